The van der Waals surface area contributed by atoms with Crippen molar-refractivity contribution in [2.45, 2.75) is 19.9 Å². The molecule has 10 heteroatoms. The molecule has 2 heterocycles. The maximum absolute atomic E-state index is 10.8. The van der Waals surface area contributed by atoms with E-state index in [2.05, 4.69) is 25.1 Å². The van der Waals surface area contributed by atoms with Crippen LogP contribution in [0.3, 0.4) is 0 Å². The summed E-state index contributed by atoms with van der Waals surface area (Å²) in [7, 11) is 0. The summed E-state index contributed by atoms with van der Waals surface area (Å²) >= 11 is 0. The maximum atomic E-state index is 10.8. The van der Waals surface area contributed by atoms with Gasteiger partial charge in [0.1, 0.15) is 0 Å². The highest BCUT2D eigenvalue weighted by molar-refractivity contribution is 5.80. The second kappa shape index (κ2) is 11.8. The van der Waals surface area contributed by atoms with E-state index in [0.29, 0.717) is 19.8 Å². The van der Waals surface area contributed by atoms with Crippen molar-refractivity contribution in [3.05, 3.63) is 58.4 Å². The predicted molar refractivity (Wildman–Crippen MR) is 119 cm³/mol. The van der Waals surface area contributed by atoms with Crippen LogP contribution in [0, 0.1) is 10.1 Å². The largest absolute Gasteiger partial charge is 0.382 e. The van der Waals surface area contributed by atoms with Gasteiger partial charge in [0.25, 0.3) is 5.69 Å². The Morgan fingerprint density at radius 2 is 1.90 bits per heavy atom. The van der Waals surface area contributed by atoms with Gasteiger partial charge < -0.3 is 19.9 Å². The number of hydrogen-bond acceptors (Lipinski definition) is 7. The Balaban J connectivity index is 1.61. The van der Waals surface area contributed by atoms with Gasteiger partial charge in [0, 0.05) is 70.5 Å². The van der Waals surface area contributed by atoms with E-state index in [1.807, 2.05) is 13.0 Å². The van der Waals surface area contributed by atoms with Gasteiger partial charge in [-0.1, -0.05) is 12.1 Å². The summed E-state index contributed by atoms with van der Waals surface area (Å²) < 4.78 is 5.41. The molecule has 0 bridgehead atoms. The van der Waals surface area contributed by atoms with Crippen LogP contribution in [0.1, 0.15) is 18.9 Å². The van der Waals surface area contributed by atoms with Gasteiger partial charge in [-0.2, -0.15) is 0 Å². The van der Waals surface area contributed by atoms with Crippen molar-refractivity contribution < 1.29 is 9.66 Å². The Bertz CT molecular complexity index is 838. The molecule has 31 heavy (non-hydrogen) atoms. The van der Waals surface area contributed by atoms with Crippen LogP contribution in [0.15, 0.2) is 47.7 Å². The molecule has 1 aromatic carbocycles. The van der Waals surface area contributed by atoms with E-state index in [0.717, 1.165) is 56.6 Å². The highest BCUT2D eigenvalue weighted by atomic mass is 16.6. The van der Waals surface area contributed by atoms with E-state index in [-0.39, 0.29) is 5.69 Å². The molecule has 0 atom stereocenters. The van der Waals surface area contributed by atoms with Crippen LogP contribution in [0.5, 0.6) is 0 Å². The number of anilines is 1. The summed E-state index contributed by atoms with van der Waals surface area (Å²) in [5, 5.41) is 14.3. The quantitative estimate of drug-likeness (QED) is 0.213. The summed E-state index contributed by atoms with van der Waals surface area (Å²) in [5.74, 6) is 1.58. The molecule has 1 fully saturated rings. The fourth-order valence-electron chi connectivity index (χ4n) is 3.25. The smallest absolute Gasteiger partial charge is 0.269 e. The summed E-state index contributed by atoms with van der Waals surface area (Å²) in [4.78, 5) is 28.3. The fraction of sp³-hybridized carbons (Fsp3) is 0.476. The molecular weight excluding hydrogens is 398 g/mol. The lowest BCUT2D eigenvalue weighted by molar-refractivity contribution is -0.384. The minimum Gasteiger partial charge on any atom is -0.382 e. The molecule has 1 aliphatic heterocycles. The summed E-state index contributed by atoms with van der Waals surface area (Å²) in [5.41, 5.74) is 1.01. The highest BCUT2D eigenvalue weighted by Crippen LogP contribution is 2.13. The number of aromatic nitrogens is 2. The number of rotatable bonds is 9. The van der Waals surface area contributed by atoms with Crippen LogP contribution in [0.4, 0.5) is 11.6 Å². The van der Waals surface area contributed by atoms with Crippen LogP contribution in [0.25, 0.3) is 0 Å². The molecule has 166 valence electrons. The highest BCUT2D eigenvalue weighted by Gasteiger charge is 2.21. The van der Waals surface area contributed by atoms with Gasteiger partial charge in [0.05, 0.1) is 11.5 Å². The molecule has 0 saturated carbocycles. The molecule has 3 rings (SSSR count). The number of nitro benzene ring substituents is 1. The van der Waals surface area contributed by atoms with Gasteiger partial charge in [0.15, 0.2) is 5.96 Å². The van der Waals surface area contributed by atoms with Crippen LogP contribution in [0.2, 0.25) is 0 Å². The topological polar surface area (TPSA) is 109 Å². The number of aliphatic imine (C=N–C) groups is 1. The first-order valence-electron chi connectivity index (χ1n) is 10.5. The first kappa shape index (κ1) is 22.4. The number of piperazine rings is 1. The lowest BCUT2D eigenvalue weighted by atomic mass is 10.2. The van der Waals surface area contributed by atoms with Gasteiger partial charge in [-0.3, -0.25) is 10.1 Å². The standard InChI is InChI=1S/C21H29N7O3/c1-2-31-16-4-11-24-21(25-17-18-5-7-19(8-6-18)28(29)30)27-14-12-26(13-15-27)20-22-9-3-10-23-20/h3,5-10H,2,4,11-17H2,1H3,(H,24,25). The number of nitrogens with zero attached hydrogens (tertiary/aromatic N) is 6. The molecule has 2 aromatic rings. The molecule has 0 amide bonds. The number of guanidine groups is 1. The van der Waals surface area contributed by atoms with Crippen LogP contribution in [-0.2, 0) is 11.3 Å². The third kappa shape index (κ3) is 6.88. The molecule has 1 aromatic heterocycles. The van der Waals surface area contributed by atoms with E-state index < -0.39 is 4.92 Å². The van der Waals surface area contributed by atoms with Crippen molar-refractivity contribution in [2.75, 3.05) is 50.8 Å². The van der Waals surface area contributed by atoms with Gasteiger partial charge in [-0.05, 0) is 25.0 Å². The maximum Gasteiger partial charge on any atom is 0.269 e. The first-order valence-corrected chi connectivity index (χ1v) is 10.5. The average molecular weight is 428 g/mol. The third-order valence-corrected chi connectivity index (χ3v) is 4.93. The zero-order valence-electron chi connectivity index (χ0n) is 17.8. The van der Waals surface area contributed by atoms with E-state index in [9.17, 15) is 10.1 Å². The Kier molecular flexibility index (Phi) is 8.53. The SMILES string of the molecule is CCOCCCNC(=NCc1ccc([N+](=O)[O-])cc1)N1CCN(c2ncccn2)CC1. The van der Waals surface area contributed by atoms with E-state index in [1.54, 1.807) is 24.5 Å². The molecule has 1 N–H and O–H groups in total. The zero-order chi connectivity index (χ0) is 21.9. The van der Waals surface area contributed by atoms with Crippen molar-refractivity contribution in [3.63, 3.8) is 0 Å². The second-order valence-electron chi connectivity index (χ2n) is 7.06. The summed E-state index contributed by atoms with van der Waals surface area (Å²) in [6.07, 6.45) is 4.40. The van der Waals surface area contributed by atoms with Gasteiger partial charge in [-0.15, -0.1) is 0 Å². The van der Waals surface area contributed by atoms with Crippen molar-refractivity contribution in [3.8, 4) is 0 Å². The molecular formula is C21H29N7O3. The van der Waals surface area contributed by atoms with Crippen molar-refractivity contribution >= 4 is 17.6 Å². The molecule has 10 nitrogen and oxygen atoms in total. The molecule has 0 radical (unpaired) electrons. The van der Waals surface area contributed by atoms with E-state index in [4.69, 9.17) is 9.73 Å². The predicted octanol–water partition coefficient (Wildman–Crippen LogP) is 2.08. The van der Waals surface area contributed by atoms with Crippen molar-refractivity contribution in [1.29, 1.82) is 0 Å². The number of hydrogen-bond donors (Lipinski definition) is 1. The lowest BCUT2D eigenvalue weighted by Gasteiger charge is -2.36. The zero-order valence-corrected chi connectivity index (χ0v) is 17.8. The van der Waals surface area contributed by atoms with Crippen molar-refractivity contribution in [1.82, 2.24) is 20.2 Å². The van der Waals surface area contributed by atoms with Crippen LogP contribution in [-0.4, -0.2) is 71.7 Å². The molecule has 0 unspecified atom stereocenters. The molecule has 0 spiro atoms. The number of nitrogens with one attached hydrogen (secondary N) is 1. The fourth-order valence-corrected chi connectivity index (χ4v) is 3.25. The first-order chi connectivity index (χ1) is 15.2. The van der Waals surface area contributed by atoms with Gasteiger partial charge in [0.2, 0.25) is 5.95 Å². The Morgan fingerprint density at radius 3 is 2.55 bits per heavy atom. The normalized spacial score (nSPS) is 14.5. The number of nitro groups is 1. The Morgan fingerprint density at radius 1 is 1.19 bits per heavy atom. The average Bonchev–Trinajstić information content (AvgIpc) is 2.82. The monoisotopic (exact) mass is 427 g/mol. The number of ether oxygens (including phenoxy) is 1. The summed E-state index contributed by atoms with van der Waals surface area (Å²) in [6, 6.07) is 8.34. The lowest BCUT2D eigenvalue weighted by Crippen LogP contribution is -2.53. The summed E-state index contributed by atoms with van der Waals surface area (Å²) in [6.45, 7) is 7.84. The van der Waals surface area contributed by atoms with E-state index >= 15 is 0 Å². The minimum atomic E-state index is -0.395. The molecule has 0 aliphatic carbocycles. The van der Waals surface area contributed by atoms with Crippen molar-refractivity contribution in [2.24, 2.45) is 4.99 Å². The molecule has 1 saturated heterocycles. The Labute approximate surface area is 182 Å². The van der Waals surface area contributed by atoms with E-state index in [1.165, 1.54) is 12.1 Å². The van der Waals surface area contributed by atoms with Crippen LogP contribution >= 0.6 is 0 Å². The van der Waals surface area contributed by atoms with Gasteiger partial charge >= 0.3 is 0 Å². The molecule has 1 aliphatic rings. The number of non-ortho nitro benzene ring substituents is 1. The van der Waals surface area contributed by atoms with Crippen LogP contribution < -0.4 is 10.2 Å². The Hall–Kier alpha value is -3.27. The second-order valence-corrected chi connectivity index (χ2v) is 7.06. The van der Waals surface area contributed by atoms with Gasteiger partial charge in [-0.25, -0.2) is 15.0 Å². The number of benzene rings is 1. The third-order valence-electron chi connectivity index (χ3n) is 4.93. The minimum absolute atomic E-state index is 0.0845.